The van der Waals surface area contributed by atoms with Crippen molar-refractivity contribution >= 4 is 27.7 Å². The first-order chi connectivity index (χ1) is 16.5. The molecule has 3 aromatic carbocycles. The lowest BCUT2D eigenvalue weighted by Crippen LogP contribution is -2.32. The first kappa shape index (κ1) is 22.3. The Labute approximate surface area is 200 Å². The van der Waals surface area contributed by atoms with E-state index in [0.29, 0.717) is 23.1 Å². The van der Waals surface area contributed by atoms with Gasteiger partial charge in [-0.25, -0.2) is 17.1 Å². The van der Waals surface area contributed by atoms with E-state index in [1.807, 2.05) is 30.3 Å². The average molecular weight is 495 g/mol. The van der Waals surface area contributed by atoms with Gasteiger partial charge in [0, 0.05) is 12.3 Å². The van der Waals surface area contributed by atoms with Crippen LogP contribution in [0.1, 0.15) is 15.9 Å². The van der Waals surface area contributed by atoms with Crippen LogP contribution < -0.4 is 0 Å². The zero-order valence-corrected chi connectivity index (χ0v) is 19.5. The van der Waals surface area contributed by atoms with Crippen LogP contribution in [0.5, 0.6) is 0 Å². The molecule has 0 N–H and O–H groups in total. The van der Waals surface area contributed by atoms with Crippen molar-refractivity contribution in [2.45, 2.75) is 16.6 Å². The Hall–Kier alpha value is -3.50. The number of halogens is 1. The molecule has 4 aromatic rings. The molecule has 10 heteroatoms. The molecule has 0 bridgehead atoms. The van der Waals surface area contributed by atoms with Gasteiger partial charge in [-0.1, -0.05) is 66.4 Å². The summed E-state index contributed by atoms with van der Waals surface area (Å²) in [6.45, 7) is 0.389. The summed E-state index contributed by atoms with van der Waals surface area (Å²) in [5.74, 6) is -0.300. The van der Waals surface area contributed by atoms with E-state index >= 15 is 0 Å². The minimum atomic E-state index is -3.87. The van der Waals surface area contributed by atoms with Gasteiger partial charge in [-0.05, 0) is 29.8 Å². The number of rotatable bonds is 7. The number of fused-ring (bicyclic) bond motifs is 1. The number of sulfonamides is 1. The molecule has 1 amide bonds. The summed E-state index contributed by atoms with van der Waals surface area (Å²) in [4.78, 5) is 12.7. The highest BCUT2D eigenvalue weighted by molar-refractivity contribution is 7.99. The van der Waals surface area contributed by atoms with Crippen LogP contribution in [-0.4, -0.2) is 45.7 Å². The maximum atomic E-state index is 14.5. The highest BCUT2D eigenvalue weighted by Gasteiger charge is 2.40. The van der Waals surface area contributed by atoms with Gasteiger partial charge >= 0.3 is 0 Å². The maximum absolute atomic E-state index is 14.5. The predicted octanol–water partition coefficient (Wildman–Crippen LogP) is 4.07. The number of nitrogens with zero attached hydrogens (tertiary/aromatic N) is 4. The van der Waals surface area contributed by atoms with Crippen LogP contribution >= 0.6 is 11.8 Å². The zero-order chi connectivity index (χ0) is 23.7. The molecular formula is C24H19FN4O3S2. The molecule has 1 aliphatic rings. The van der Waals surface area contributed by atoms with Crippen LogP contribution in [-0.2, 0) is 16.6 Å². The Balaban J connectivity index is 1.40. The summed E-state index contributed by atoms with van der Waals surface area (Å²) in [6, 6.07) is 22.2. The molecular weight excluding hydrogens is 475 g/mol. The number of benzene rings is 3. The summed E-state index contributed by atoms with van der Waals surface area (Å²) in [7, 11) is -3.87. The summed E-state index contributed by atoms with van der Waals surface area (Å²) >= 11 is 1.26. The molecule has 0 fully saturated rings. The first-order valence-corrected chi connectivity index (χ1v) is 12.9. The summed E-state index contributed by atoms with van der Waals surface area (Å²) in [5, 5.41) is 8.97. The lowest BCUT2D eigenvalue weighted by Gasteiger charge is -2.15. The van der Waals surface area contributed by atoms with E-state index < -0.39 is 21.7 Å². The van der Waals surface area contributed by atoms with Crippen molar-refractivity contribution < 1.29 is 17.6 Å². The molecule has 172 valence electrons. The van der Waals surface area contributed by atoms with Gasteiger partial charge in [-0.15, -0.1) is 10.2 Å². The number of carbonyl (C=O) groups is 1. The fraction of sp³-hybridized carbons (Fsp3) is 0.125. The minimum Gasteiger partial charge on any atom is -0.297 e. The SMILES string of the molecule is O=C1c2ccccc2S(=O)(=O)N1CCSc1nnc(-c2ccccc2F)n1Cc1ccccc1. The molecule has 1 aliphatic heterocycles. The van der Waals surface area contributed by atoms with E-state index in [1.54, 1.807) is 34.9 Å². The lowest BCUT2D eigenvalue weighted by atomic mass is 10.2. The average Bonchev–Trinajstić information content (AvgIpc) is 3.32. The Morgan fingerprint density at radius 3 is 2.26 bits per heavy atom. The van der Waals surface area contributed by atoms with E-state index in [0.717, 1.165) is 9.87 Å². The van der Waals surface area contributed by atoms with Crippen molar-refractivity contribution in [1.29, 1.82) is 0 Å². The van der Waals surface area contributed by atoms with Crippen LogP contribution in [0.2, 0.25) is 0 Å². The molecule has 7 nitrogen and oxygen atoms in total. The van der Waals surface area contributed by atoms with Crippen LogP contribution in [0.3, 0.4) is 0 Å². The Morgan fingerprint density at radius 1 is 0.853 bits per heavy atom. The smallest absolute Gasteiger partial charge is 0.269 e. The second-order valence-corrected chi connectivity index (χ2v) is 10.5. The van der Waals surface area contributed by atoms with Crippen molar-refractivity contribution in [2.75, 3.05) is 12.3 Å². The highest BCUT2D eigenvalue weighted by Crippen LogP contribution is 2.31. The topological polar surface area (TPSA) is 85.2 Å². The van der Waals surface area contributed by atoms with Gasteiger partial charge in [0.15, 0.2) is 11.0 Å². The molecule has 0 radical (unpaired) electrons. The van der Waals surface area contributed by atoms with Crippen LogP contribution in [0.4, 0.5) is 4.39 Å². The van der Waals surface area contributed by atoms with E-state index in [9.17, 15) is 17.6 Å². The fourth-order valence-electron chi connectivity index (χ4n) is 3.82. The van der Waals surface area contributed by atoms with Gasteiger partial charge in [0.1, 0.15) is 10.7 Å². The Kier molecular flexibility index (Phi) is 5.93. The van der Waals surface area contributed by atoms with E-state index in [2.05, 4.69) is 10.2 Å². The lowest BCUT2D eigenvalue weighted by molar-refractivity contribution is 0.0876. The van der Waals surface area contributed by atoms with E-state index in [-0.39, 0.29) is 22.8 Å². The Morgan fingerprint density at radius 2 is 1.53 bits per heavy atom. The van der Waals surface area contributed by atoms with Gasteiger partial charge in [0.05, 0.1) is 17.7 Å². The van der Waals surface area contributed by atoms with Crippen LogP contribution in [0, 0.1) is 5.82 Å². The number of thioether (sulfide) groups is 1. The predicted molar refractivity (Wildman–Crippen MR) is 126 cm³/mol. The third kappa shape index (κ3) is 3.99. The van der Waals surface area contributed by atoms with Gasteiger partial charge in [0.2, 0.25) is 0 Å². The number of hydrogen-bond acceptors (Lipinski definition) is 6. The Bertz CT molecular complexity index is 1470. The molecule has 1 aromatic heterocycles. The molecule has 34 heavy (non-hydrogen) atoms. The quantitative estimate of drug-likeness (QED) is 0.360. The van der Waals surface area contributed by atoms with Gasteiger partial charge in [-0.3, -0.25) is 9.36 Å². The molecule has 0 aliphatic carbocycles. The van der Waals surface area contributed by atoms with Crippen LogP contribution in [0.15, 0.2) is 88.9 Å². The monoisotopic (exact) mass is 494 g/mol. The molecule has 0 unspecified atom stereocenters. The molecule has 5 rings (SSSR count). The second kappa shape index (κ2) is 9.03. The molecule has 0 saturated carbocycles. The number of hydrogen-bond donors (Lipinski definition) is 0. The zero-order valence-electron chi connectivity index (χ0n) is 17.8. The van der Waals surface area contributed by atoms with Crippen molar-refractivity contribution in [3.63, 3.8) is 0 Å². The summed E-state index contributed by atoms with van der Waals surface area (Å²) in [6.07, 6.45) is 0. The molecule has 0 atom stereocenters. The molecule has 2 heterocycles. The van der Waals surface area contributed by atoms with Crippen molar-refractivity contribution in [1.82, 2.24) is 19.1 Å². The van der Waals surface area contributed by atoms with Crippen molar-refractivity contribution in [3.8, 4) is 11.4 Å². The number of aromatic nitrogens is 3. The third-order valence-corrected chi connectivity index (χ3v) is 8.24. The third-order valence-electron chi connectivity index (χ3n) is 5.45. The summed E-state index contributed by atoms with van der Waals surface area (Å²) < 4.78 is 42.8. The van der Waals surface area contributed by atoms with Gasteiger partial charge in [0.25, 0.3) is 15.9 Å². The van der Waals surface area contributed by atoms with E-state index in [4.69, 9.17) is 0 Å². The van der Waals surface area contributed by atoms with Crippen molar-refractivity contribution in [3.05, 3.63) is 95.8 Å². The van der Waals surface area contributed by atoms with Crippen LogP contribution in [0.25, 0.3) is 11.4 Å². The van der Waals surface area contributed by atoms with E-state index in [1.165, 1.54) is 30.0 Å². The molecule has 0 spiro atoms. The first-order valence-electron chi connectivity index (χ1n) is 10.5. The fourth-order valence-corrected chi connectivity index (χ4v) is 6.36. The minimum absolute atomic E-state index is 0.0201. The van der Waals surface area contributed by atoms with Gasteiger partial charge in [-0.2, -0.15) is 0 Å². The number of amides is 1. The van der Waals surface area contributed by atoms with Crippen molar-refractivity contribution in [2.24, 2.45) is 0 Å². The van der Waals surface area contributed by atoms with Gasteiger partial charge < -0.3 is 0 Å². The normalized spacial score (nSPS) is 14.4. The molecule has 0 saturated heterocycles. The maximum Gasteiger partial charge on any atom is 0.269 e. The largest absolute Gasteiger partial charge is 0.297 e. The summed E-state index contributed by atoms with van der Waals surface area (Å²) in [5.41, 5.74) is 1.49. The number of carbonyl (C=O) groups excluding carboxylic acids is 1. The highest BCUT2D eigenvalue weighted by atomic mass is 32.2. The second-order valence-electron chi connectivity index (χ2n) is 7.58. The standard InChI is InChI=1S/C24H19FN4O3S2/c25-20-12-6-4-10-18(20)22-26-27-24(28(22)16-17-8-2-1-3-9-17)33-15-14-29-23(30)19-11-5-7-13-21(19)34(29,31)32/h1-13H,14-16H2.